The Morgan fingerprint density at radius 2 is 1.74 bits per heavy atom. The van der Waals surface area contributed by atoms with Crippen molar-refractivity contribution in [3.8, 4) is 0 Å². The third-order valence-electron chi connectivity index (χ3n) is 10.8. The molecule has 0 radical (unpaired) electrons. The number of amides is 3. The molecule has 3 aliphatic heterocycles. The highest BCUT2D eigenvalue weighted by Gasteiger charge is 2.76. The van der Waals surface area contributed by atoms with E-state index >= 15 is 9.59 Å². The number of nitrogens with zero attached hydrogens (tertiary/aromatic N) is 2. The molecule has 3 aliphatic rings. The molecule has 8 atom stereocenters. The fraction of sp³-hybridized carbons (Fsp3) is 0.381. The van der Waals surface area contributed by atoms with Crippen molar-refractivity contribution in [1.29, 1.82) is 0 Å². The smallest absolute Gasteiger partial charge is 0.313 e. The number of para-hydroxylation sites is 1. The van der Waals surface area contributed by atoms with E-state index in [1.54, 1.807) is 55.5 Å². The minimum atomic E-state index is -1.40. The van der Waals surface area contributed by atoms with E-state index in [1.165, 1.54) is 9.80 Å². The van der Waals surface area contributed by atoms with Gasteiger partial charge in [-0.15, -0.1) is 13.2 Å². The zero-order chi connectivity index (χ0) is 37.9. The Hall–Kier alpha value is -4.77. The number of fused-ring (bicyclic) bond motifs is 1. The molecule has 3 saturated heterocycles. The first-order valence-corrected chi connectivity index (χ1v) is 18.4. The van der Waals surface area contributed by atoms with Crippen LogP contribution < -0.4 is 10.2 Å². The number of esters is 1. The Morgan fingerprint density at radius 3 is 2.36 bits per heavy atom. The molecule has 3 amide bonds. The number of rotatable bonds is 15. The van der Waals surface area contributed by atoms with Crippen molar-refractivity contribution < 1.29 is 33.8 Å². The van der Waals surface area contributed by atoms with Gasteiger partial charge < -0.3 is 29.7 Å². The Kier molecular flexibility index (Phi) is 11.5. The Morgan fingerprint density at radius 1 is 1.06 bits per heavy atom. The lowest BCUT2D eigenvalue weighted by Gasteiger charge is -2.39. The van der Waals surface area contributed by atoms with Crippen LogP contribution in [-0.4, -0.2) is 70.6 Å². The third-order valence-corrected chi connectivity index (χ3v) is 11.1. The van der Waals surface area contributed by atoms with Crippen LogP contribution in [0.5, 0.6) is 0 Å². The topological polar surface area (TPSA) is 125 Å². The average molecular weight is 740 g/mol. The maximum absolute atomic E-state index is 15.2. The molecule has 3 aromatic carbocycles. The van der Waals surface area contributed by atoms with Crippen LogP contribution in [0.4, 0.5) is 5.69 Å². The predicted octanol–water partition coefficient (Wildman–Crippen LogP) is 6.03. The van der Waals surface area contributed by atoms with E-state index in [1.807, 2.05) is 49.4 Å². The van der Waals surface area contributed by atoms with Gasteiger partial charge in [0.25, 0.3) is 5.91 Å². The van der Waals surface area contributed by atoms with Crippen molar-refractivity contribution in [2.75, 3.05) is 18.1 Å². The quantitative estimate of drug-likeness (QED) is 0.144. The molecule has 0 saturated carbocycles. The summed E-state index contributed by atoms with van der Waals surface area (Å²) in [6.07, 6.45) is 3.15. The van der Waals surface area contributed by atoms with Gasteiger partial charge in [-0.25, -0.2) is 0 Å². The summed E-state index contributed by atoms with van der Waals surface area (Å²) in [6.45, 7) is 10.8. The first-order chi connectivity index (χ1) is 25.6. The molecule has 3 fully saturated rings. The summed E-state index contributed by atoms with van der Waals surface area (Å²) >= 11 is 6.72. The largest absolute Gasteiger partial charge is 0.455 e. The van der Waals surface area contributed by atoms with Gasteiger partial charge in [-0.05, 0) is 55.9 Å². The number of aliphatic hydroxyl groups is 1. The minimum absolute atomic E-state index is 0.0852. The highest BCUT2D eigenvalue weighted by atomic mass is 35.5. The van der Waals surface area contributed by atoms with Crippen molar-refractivity contribution in [2.24, 2.45) is 11.8 Å². The molecule has 6 rings (SSSR count). The highest BCUT2D eigenvalue weighted by molar-refractivity contribution is 6.34. The second-order valence-corrected chi connectivity index (χ2v) is 14.4. The van der Waals surface area contributed by atoms with Crippen LogP contribution in [0.25, 0.3) is 0 Å². The van der Waals surface area contributed by atoms with E-state index < -0.39 is 72.2 Å². The summed E-state index contributed by atoms with van der Waals surface area (Å²) in [5.41, 5.74) is 1.12. The van der Waals surface area contributed by atoms with E-state index in [2.05, 4.69) is 18.5 Å². The maximum Gasteiger partial charge on any atom is 0.313 e. The van der Waals surface area contributed by atoms with Crippen LogP contribution in [0, 0.1) is 18.8 Å². The summed E-state index contributed by atoms with van der Waals surface area (Å²) in [7, 11) is 0. The first-order valence-electron chi connectivity index (χ1n) is 18.1. The molecule has 0 aliphatic carbocycles. The predicted molar refractivity (Wildman–Crippen MR) is 202 cm³/mol. The number of anilines is 1. The van der Waals surface area contributed by atoms with E-state index in [0.717, 1.165) is 5.56 Å². The molecule has 3 heterocycles. The van der Waals surface area contributed by atoms with Crippen LogP contribution in [0.15, 0.2) is 104 Å². The number of hydrogen-bond donors (Lipinski definition) is 2. The first kappa shape index (κ1) is 38.0. The van der Waals surface area contributed by atoms with Gasteiger partial charge in [0.05, 0.1) is 47.3 Å². The number of aryl methyl sites for hydroxylation is 1. The summed E-state index contributed by atoms with van der Waals surface area (Å²) in [6, 6.07) is 20.7. The normalized spacial score (nSPS) is 24.5. The molecule has 1 spiro atoms. The molecule has 3 aromatic rings. The second kappa shape index (κ2) is 16.1. The lowest BCUT2D eigenvalue weighted by atomic mass is 9.70. The number of allylic oxidation sites excluding steroid dienone is 1. The van der Waals surface area contributed by atoms with Gasteiger partial charge in [0.1, 0.15) is 17.7 Å². The minimum Gasteiger partial charge on any atom is -0.455 e. The number of likely N-dealkylation sites (tertiary alicyclic amines) is 1. The van der Waals surface area contributed by atoms with Crippen molar-refractivity contribution >= 4 is 41.0 Å². The molecule has 53 heavy (non-hydrogen) atoms. The third kappa shape index (κ3) is 7.03. The van der Waals surface area contributed by atoms with Crippen LogP contribution in [0.3, 0.4) is 0 Å². The number of ether oxygens (including phenoxy) is 2. The van der Waals surface area contributed by atoms with Crippen molar-refractivity contribution in [1.82, 2.24) is 10.2 Å². The van der Waals surface area contributed by atoms with Gasteiger partial charge in [0.15, 0.2) is 0 Å². The molecule has 2 N–H and O–H groups in total. The van der Waals surface area contributed by atoms with Crippen molar-refractivity contribution in [2.45, 2.75) is 75.5 Å². The number of hydrogen-bond acceptors (Lipinski definition) is 7. The van der Waals surface area contributed by atoms with E-state index in [9.17, 15) is 14.7 Å². The molecule has 11 heteroatoms. The number of halogens is 1. The Bertz CT molecular complexity index is 1840. The van der Waals surface area contributed by atoms with E-state index in [4.69, 9.17) is 21.1 Å². The van der Waals surface area contributed by atoms with Crippen molar-refractivity contribution in [3.05, 3.63) is 126 Å². The SMILES string of the molecule is C=CCCC(=O)N[C@@H](C)[C@H](OC(=O)[C@@H]1[C@@H]2CC[C@]3(O2)[C@H](C(=O)N(CC=C)c2c(C)cccc2Cl)N([C@H](CO)c2ccccc2)C(=O)[C@@H]13)c1ccccc1. The molecule has 10 nitrogen and oxygen atoms in total. The fourth-order valence-electron chi connectivity index (χ4n) is 8.48. The van der Waals surface area contributed by atoms with Gasteiger partial charge in [-0.3, -0.25) is 19.2 Å². The van der Waals surface area contributed by atoms with Crippen LogP contribution in [0.1, 0.15) is 61.4 Å². The number of carbonyl (C=O) groups is 4. The zero-order valence-electron chi connectivity index (χ0n) is 30.0. The number of aliphatic hydroxyl groups excluding tert-OH is 1. The molecule has 2 bridgehead atoms. The lowest BCUT2D eigenvalue weighted by molar-refractivity contribution is -0.162. The Balaban J connectivity index is 1.41. The van der Waals surface area contributed by atoms with Gasteiger partial charge >= 0.3 is 5.97 Å². The molecule has 0 unspecified atom stereocenters. The standard InChI is InChI=1S/C42H46ClN3O7/c1-5-7-21-33(48)44-27(4)37(29-18-12-9-13-19-29)52-41(51)34-32-22-23-42(53-32)35(34)39(49)46(31(25-47)28-16-10-8-11-17-28)38(42)40(50)45(24-6-2)36-26(3)15-14-20-30(36)43/h5-6,8-20,27,31-32,34-35,37-38,47H,1-2,7,21-25H2,3-4H3,(H,44,48)/t27-,31+,32-,34+,35+,37-,38-,42+/m0/s1. The van der Waals surface area contributed by atoms with Gasteiger partial charge in [0, 0.05) is 13.0 Å². The molecule has 0 aromatic heterocycles. The van der Waals surface area contributed by atoms with Crippen LogP contribution in [-0.2, 0) is 28.7 Å². The van der Waals surface area contributed by atoms with Gasteiger partial charge in [-0.1, -0.05) is 96.5 Å². The molecular formula is C42H46ClN3O7. The maximum atomic E-state index is 15.2. The summed E-state index contributed by atoms with van der Waals surface area (Å²) < 4.78 is 13.0. The second-order valence-electron chi connectivity index (χ2n) is 14.0. The van der Waals surface area contributed by atoms with E-state index in [0.29, 0.717) is 41.1 Å². The summed E-state index contributed by atoms with van der Waals surface area (Å²) in [5, 5.41) is 14.2. The van der Waals surface area contributed by atoms with Gasteiger partial charge in [0.2, 0.25) is 11.8 Å². The summed E-state index contributed by atoms with van der Waals surface area (Å²) in [4.78, 5) is 60.4. The highest BCUT2D eigenvalue weighted by Crippen LogP contribution is 2.60. The number of carbonyl (C=O) groups excluding carboxylic acids is 4. The fourth-order valence-corrected chi connectivity index (χ4v) is 8.80. The lowest BCUT2D eigenvalue weighted by Crippen LogP contribution is -2.57. The summed E-state index contributed by atoms with van der Waals surface area (Å²) in [5.74, 6) is -3.93. The van der Waals surface area contributed by atoms with Crippen molar-refractivity contribution in [3.63, 3.8) is 0 Å². The molecular weight excluding hydrogens is 694 g/mol. The van der Waals surface area contributed by atoms with E-state index in [-0.39, 0.29) is 18.9 Å². The monoisotopic (exact) mass is 739 g/mol. The Labute approximate surface area is 315 Å². The van der Waals surface area contributed by atoms with Crippen LogP contribution >= 0.6 is 11.6 Å². The molecule has 278 valence electrons. The van der Waals surface area contributed by atoms with Crippen LogP contribution in [0.2, 0.25) is 5.02 Å². The zero-order valence-corrected chi connectivity index (χ0v) is 30.8. The number of nitrogens with one attached hydrogen (secondary N) is 1. The average Bonchev–Trinajstić information content (AvgIpc) is 3.81. The van der Waals surface area contributed by atoms with Gasteiger partial charge in [-0.2, -0.15) is 0 Å². The number of benzene rings is 3.